The number of carbonyl (C=O) groups excluding carboxylic acids is 1. The summed E-state index contributed by atoms with van der Waals surface area (Å²) in [7, 11) is 3.18. The second kappa shape index (κ2) is 9.27. The molecule has 5 heteroatoms. The Kier molecular flexibility index (Phi) is 6.77. The Bertz CT molecular complexity index is 755. The quantitative estimate of drug-likeness (QED) is 0.334. The summed E-state index contributed by atoms with van der Waals surface area (Å²) < 4.78 is 4.80. The molecule has 0 N–H and O–H groups in total. The number of hydrogen-bond donors (Lipinski definition) is 0. The van der Waals surface area contributed by atoms with Gasteiger partial charge in [-0.2, -0.15) is 0 Å². The predicted octanol–water partition coefficient (Wildman–Crippen LogP) is 3.75. The molecule has 0 radical (unpaired) electrons. The molecule has 0 unspecified atom stereocenters. The molecule has 0 amide bonds. The fourth-order valence-corrected chi connectivity index (χ4v) is 2.29. The van der Waals surface area contributed by atoms with Gasteiger partial charge in [0.2, 0.25) is 0 Å². The van der Waals surface area contributed by atoms with Crippen molar-refractivity contribution in [2.75, 3.05) is 19.1 Å². The monoisotopic (exact) mass is 338 g/mol. The van der Waals surface area contributed by atoms with Gasteiger partial charge in [0.1, 0.15) is 12.3 Å². The van der Waals surface area contributed by atoms with Crippen LogP contribution >= 0.6 is 0 Å². The Morgan fingerprint density at radius 1 is 1.16 bits per heavy atom. The van der Waals surface area contributed by atoms with Crippen LogP contribution in [0.5, 0.6) is 0 Å². The molecular weight excluding hydrogens is 316 g/mol. The van der Waals surface area contributed by atoms with Gasteiger partial charge < -0.3 is 14.5 Å². The van der Waals surface area contributed by atoms with Gasteiger partial charge in [-0.25, -0.2) is 4.79 Å². The first-order valence-electron chi connectivity index (χ1n) is 7.93. The van der Waals surface area contributed by atoms with E-state index in [0.29, 0.717) is 12.3 Å². The third-order valence-electron chi connectivity index (χ3n) is 3.64. The molecule has 2 aromatic rings. The minimum Gasteiger partial charge on any atom is -0.464 e. The molecule has 0 bridgehead atoms. The summed E-state index contributed by atoms with van der Waals surface area (Å²) in [6.07, 6.45) is 3.36. The lowest BCUT2D eigenvalue weighted by Crippen LogP contribution is -2.24. The van der Waals surface area contributed by atoms with E-state index in [2.05, 4.69) is 5.16 Å². The summed E-state index contributed by atoms with van der Waals surface area (Å²) in [5.74, 6) is -0.379. The van der Waals surface area contributed by atoms with Crippen molar-refractivity contribution in [2.24, 2.45) is 5.16 Å². The topological polar surface area (TPSA) is 51.1 Å². The molecule has 0 saturated heterocycles. The Balaban J connectivity index is 2.03. The first-order chi connectivity index (χ1) is 12.2. The molecular formula is C20H22N2O3. The maximum absolute atomic E-state index is 11.8. The minimum absolute atomic E-state index is 0.379. The number of carbonyl (C=O) groups is 1. The molecule has 0 atom stereocenters. The highest BCUT2D eigenvalue weighted by Crippen LogP contribution is 2.19. The number of oxime groups is 1. The standard InChI is InChI=1S/C20H22N2O3/c1-4-19(20(23)24-3)22(2)18-12-8-11-17(13-18)14-21-25-15-16-9-6-5-7-10-16/h4-14H,15H2,1-3H3. The van der Waals surface area contributed by atoms with Crippen molar-refractivity contribution in [3.05, 3.63) is 77.5 Å². The minimum atomic E-state index is -0.379. The zero-order chi connectivity index (χ0) is 18.1. The Morgan fingerprint density at radius 2 is 1.92 bits per heavy atom. The van der Waals surface area contributed by atoms with Crippen LogP contribution in [-0.4, -0.2) is 26.3 Å². The first-order valence-corrected chi connectivity index (χ1v) is 7.93. The number of esters is 1. The number of benzene rings is 2. The first kappa shape index (κ1) is 18.3. The lowest BCUT2D eigenvalue weighted by atomic mass is 10.2. The van der Waals surface area contributed by atoms with Crippen molar-refractivity contribution in [1.29, 1.82) is 0 Å². The summed E-state index contributed by atoms with van der Waals surface area (Å²) in [6, 6.07) is 17.5. The molecule has 0 aromatic heterocycles. The van der Waals surface area contributed by atoms with E-state index >= 15 is 0 Å². The molecule has 0 spiro atoms. The van der Waals surface area contributed by atoms with Crippen LogP contribution < -0.4 is 4.90 Å². The number of rotatable bonds is 7. The molecule has 0 aliphatic rings. The van der Waals surface area contributed by atoms with Crippen LogP contribution in [0.4, 0.5) is 5.69 Å². The normalized spacial score (nSPS) is 11.4. The van der Waals surface area contributed by atoms with E-state index in [9.17, 15) is 4.79 Å². The summed E-state index contributed by atoms with van der Waals surface area (Å²) in [4.78, 5) is 18.9. The molecule has 25 heavy (non-hydrogen) atoms. The number of likely N-dealkylation sites (N-methyl/N-ethyl adjacent to an activating group) is 1. The van der Waals surface area contributed by atoms with Gasteiger partial charge in [-0.15, -0.1) is 0 Å². The average Bonchev–Trinajstić information content (AvgIpc) is 2.66. The molecule has 0 aliphatic heterocycles. The third-order valence-corrected chi connectivity index (χ3v) is 3.64. The van der Waals surface area contributed by atoms with E-state index in [-0.39, 0.29) is 5.97 Å². The highest BCUT2D eigenvalue weighted by atomic mass is 16.6. The van der Waals surface area contributed by atoms with Crippen molar-refractivity contribution in [1.82, 2.24) is 0 Å². The molecule has 130 valence electrons. The van der Waals surface area contributed by atoms with Gasteiger partial charge in [0, 0.05) is 12.7 Å². The number of anilines is 1. The van der Waals surface area contributed by atoms with Crippen molar-refractivity contribution in [2.45, 2.75) is 13.5 Å². The lowest BCUT2D eigenvalue weighted by molar-refractivity contribution is -0.136. The molecule has 2 aromatic carbocycles. The molecule has 0 fully saturated rings. The number of allylic oxidation sites excluding steroid dienone is 1. The number of nitrogens with zero attached hydrogens (tertiary/aromatic N) is 2. The van der Waals surface area contributed by atoms with Crippen LogP contribution in [0.1, 0.15) is 18.1 Å². The van der Waals surface area contributed by atoms with Crippen LogP contribution in [0, 0.1) is 0 Å². The van der Waals surface area contributed by atoms with E-state index in [1.165, 1.54) is 7.11 Å². The van der Waals surface area contributed by atoms with Crippen molar-refractivity contribution >= 4 is 17.9 Å². The zero-order valence-corrected chi connectivity index (χ0v) is 14.7. The van der Waals surface area contributed by atoms with Gasteiger partial charge in [-0.1, -0.05) is 53.7 Å². The van der Waals surface area contributed by atoms with E-state index in [1.807, 2.05) is 61.6 Å². The van der Waals surface area contributed by atoms with Crippen LogP contribution in [0.15, 0.2) is 71.5 Å². The van der Waals surface area contributed by atoms with E-state index in [0.717, 1.165) is 16.8 Å². The van der Waals surface area contributed by atoms with Gasteiger partial charge in [-0.3, -0.25) is 0 Å². The fraction of sp³-hybridized carbons (Fsp3) is 0.200. The van der Waals surface area contributed by atoms with Crippen molar-refractivity contribution in [3.8, 4) is 0 Å². The van der Waals surface area contributed by atoms with E-state index in [4.69, 9.17) is 9.57 Å². The SMILES string of the molecule is CC=C(C(=O)OC)N(C)c1cccc(C=NOCc2ccccc2)c1. The van der Waals surface area contributed by atoms with Crippen molar-refractivity contribution < 1.29 is 14.4 Å². The van der Waals surface area contributed by atoms with Crippen LogP contribution in [0.25, 0.3) is 0 Å². The highest BCUT2D eigenvalue weighted by molar-refractivity contribution is 5.93. The van der Waals surface area contributed by atoms with Crippen LogP contribution in [0.2, 0.25) is 0 Å². The number of methoxy groups -OCH3 is 1. The maximum atomic E-state index is 11.8. The summed E-state index contributed by atoms with van der Waals surface area (Å²) >= 11 is 0. The molecule has 0 saturated carbocycles. The summed E-state index contributed by atoms with van der Waals surface area (Å²) in [5, 5.41) is 4.00. The summed E-state index contributed by atoms with van der Waals surface area (Å²) in [5.41, 5.74) is 3.25. The van der Waals surface area contributed by atoms with E-state index in [1.54, 1.807) is 24.1 Å². The second-order valence-electron chi connectivity index (χ2n) is 5.31. The Hall–Kier alpha value is -3.08. The van der Waals surface area contributed by atoms with Crippen LogP contribution in [-0.2, 0) is 21.0 Å². The Labute approximate surface area is 148 Å². The van der Waals surface area contributed by atoms with Gasteiger partial charge in [-0.05, 0) is 30.2 Å². The third kappa shape index (κ3) is 5.21. The van der Waals surface area contributed by atoms with Gasteiger partial charge in [0.15, 0.2) is 0 Å². The molecule has 2 rings (SSSR count). The Morgan fingerprint density at radius 3 is 2.60 bits per heavy atom. The highest BCUT2D eigenvalue weighted by Gasteiger charge is 2.15. The fourth-order valence-electron chi connectivity index (χ4n) is 2.29. The van der Waals surface area contributed by atoms with Gasteiger partial charge in [0.25, 0.3) is 0 Å². The second-order valence-corrected chi connectivity index (χ2v) is 5.31. The maximum Gasteiger partial charge on any atom is 0.354 e. The van der Waals surface area contributed by atoms with Crippen molar-refractivity contribution in [3.63, 3.8) is 0 Å². The van der Waals surface area contributed by atoms with Crippen LogP contribution in [0.3, 0.4) is 0 Å². The number of hydrogen-bond acceptors (Lipinski definition) is 5. The molecule has 0 aliphatic carbocycles. The number of ether oxygens (including phenoxy) is 1. The van der Waals surface area contributed by atoms with Gasteiger partial charge >= 0.3 is 5.97 Å². The predicted molar refractivity (Wildman–Crippen MR) is 99.4 cm³/mol. The zero-order valence-electron chi connectivity index (χ0n) is 14.7. The molecule has 5 nitrogen and oxygen atoms in total. The molecule has 0 heterocycles. The van der Waals surface area contributed by atoms with Gasteiger partial charge in [0.05, 0.1) is 13.3 Å². The lowest BCUT2D eigenvalue weighted by Gasteiger charge is -2.21. The summed E-state index contributed by atoms with van der Waals surface area (Å²) in [6.45, 7) is 2.22. The average molecular weight is 338 g/mol. The smallest absolute Gasteiger partial charge is 0.354 e. The van der Waals surface area contributed by atoms with E-state index < -0.39 is 0 Å². The largest absolute Gasteiger partial charge is 0.464 e.